The van der Waals surface area contributed by atoms with Crippen LogP contribution in [-0.2, 0) is 14.3 Å². The van der Waals surface area contributed by atoms with Crippen molar-refractivity contribution < 1.29 is 24.0 Å². The Morgan fingerprint density at radius 2 is 2.00 bits per heavy atom. The Bertz CT molecular complexity index is 731. The van der Waals surface area contributed by atoms with Gasteiger partial charge in [-0.05, 0) is 31.5 Å². The van der Waals surface area contributed by atoms with E-state index in [1.807, 2.05) is 6.92 Å². The summed E-state index contributed by atoms with van der Waals surface area (Å²) >= 11 is 6.14. The average Bonchev–Trinajstić information content (AvgIpc) is 2.92. The predicted molar refractivity (Wildman–Crippen MR) is 96.4 cm³/mol. The van der Waals surface area contributed by atoms with Crippen LogP contribution in [0.15, 0.2) is 18.2 Å². The van der Waals surface area contributed by atoms with Gasteiger partial charge in [-0.1, -0.05) is 17.7 Å². The molecular weight excluding hydrogens is 358 g/mol. The highest BCUT2D eigenvalue weighted by molar-refractivity contribution is 6.32. The summed E-state index contributed by atoms with van der Waals surface area (Å²) in [5, 5.41) is 0.530. The zero-order valence-electron chi connectivity index (χ0n) is 15.0. The quantitative estimate of drug-likeness (QED) is 0.781. The van der Waals surface area contributed by atoms with E-state index in [-0.39, 0.29) is 24.3 Å². The number of carbonyl (C=O) groups is 3. The van der Waals surface area contributed by atoms with E-state index < -0.39 is 6.04 Å². The molecular formula is C18H23ClN3O4+. The van der Waals surface area contributed by atoms with Crippen LogP contribution in [0.3, 0.4) is 0 Å². The monoisotopic (exact) mass is 380 g/mol. The number of amides is 3. The van der Waals surface area contributed by atoms with Crippen LogP contribution >= 0.6 is 11.6 Å². The normalized spacial score (nSPS) is 21.4. The minimum absolute atomic E-state index is 0.180. The molecule has 0 spiro atoms. The van der Waals surface area contributed by atoms with Gasteiger partial charge in [-0.15, -0.1) is 0 Å². The molecule has 0 bridgehead atoms. The van der Waals surface area contributed by atoms with Crippen molar-refractivity contribution in [1.82, 2.24) is 4.90 Å². The Balaban J connectivity index is 1.68. The van der Waals surface area contributed by atoms with E-state index in [9.17, 15) is 14.4 Å². The molecule has 140 valence electrons. The van der Waals surface area contributed by atoms with Gasteiger partial charge in [0, 0.05) is 5.02 Å². The number of ether oxygens (including phenoxy) is 1. The molecule has 0 aliphatic carbocycles. The van der Waals surface area contributed by atoms with E-state index in [1.165, 1.54) is 4.90 Å². The van der Waals surface area contributed by atoms with Gasteiger partial charge < -0.3 is 9.64 Å². The molecule has 1 N–H and O–H groups in total. The Hall–Kier alpha value is -2.12. The van der Waals surface area contributed by atoms with E-state index in [1.54, 1.807) is 30.0 Å². The van der Waals surface area contributed by atoms with Crippen LogP contribution in [0, 0.1) is 6.92 Å². The van der Waals surface area contributed by atoms with Crippen molar-refractivity contribution in [2.45, 2.75) is 26.3 Å². The number of rotatable bonds is 3. The van der Waals surface area contributed by atoms with E-state index in [4.69, 9.17) is 16.3 Å². The standard InChI is InChI=1S/C18H22ClN3O4/c1-3-26-18(25)21-8-6-20(7-9-21)15-11-16(23)22(17(15)24)13-5-4-12(2)14(19)10-13/h4-5,10,15H,3,6-9,11H2,1-2H3/p+1/t15-/m0/s1. The van der Waals surface area contributed by atoms with Gasteiger partial charge in [-0.3, -0.25) is 14.5 Å². The Morgan fingerprint density at radius 3 is 2.62 bits per heavy atom. The highest BCUT2D eigenvalue weighted by atomic mass is 35.5. The molecule has 2 aliphatic heterocycles. The lowest BCUT2D eigenvalue weighted by atomic mass is 10.2. The predicted octanol–water partition coefficient (Wildman–Crippen LogP) is 0.637. The molecule has 2 aliphatic rings. The third kappa shape index (κ3) is 3.54. The first-order valence-corrected chi connectivity index (χ1v) is 9.19. The molecule has 1 aromatic carbocycles. The summed E-state index contributed by atoms with van der Waals surface area (Å²) < 4.78 is 5.01. The van der Waals surface area contributed by atoms with Crippen molar-refractivity contribution in [2.75, 3.05) is 37.7 Å². The number of carbonyl (C=O) groups excluding carboxylic acids is 3. The van der Waals surface area contributed by atoms with Crippen molar-refractivity contribution in [3.63, 3.8) is 0 Å². The van der Waals surface area contributed by atoms with E-state index >= 15 is 0 Å². The Labute approximate surface area is 157 Å². The summed E-state index contributed by atoms with van der Waals surface area (Å²) in [5.74, 6) is -0.408. The molecule has 2 heterocycles. The fourth-order valence-corrected chi connectivity index (χ4v) is 3.66. The maximum Gasteiger partial charge on any atom is 0.410 e. The molecule has 1 aromatic rings. The average molecular weight is 381 g/mol. The maximum absolute atomic E-state index is 12.9. The molecule has 3 rings (SSSR count). The maximum atomic E-state index is 12.9. The number of imide groups is 1. The van der Waals surface area contributed by atoms with Crippen molar-refractivity contribution in [3.8, 4) is 0 Å². The molecule has 0 radical (unpaired) electrons. The fraction of sp³-hybridized carbons (Fsp3) is 0.500. The highest BCUT2D eigenvalue weighted by Crippen LogP contribution is 2.27. The minimum atomic E-state index is -0.410. The Kier molecular flexibility index (Phi) is 5.48. The number of halogens is 1. The van der Waals surface area contributed by atoms with Crippen LogP contribution < -0.4 is 9.80 Å². The fourth-order valence-electron chi connectivity index (χ4n) is 3.48. The van der Waals surface area contributed by atoms with Gasteiger partial charge in [0.15, 0.2) is 6.04 Å². The number of quaternary nitrogens is 1. The number of nitrogens with one attached hydrogen (secondary N) is 1. The van der Waals surface area contributed by atoms with Gasteiger partial charge in [-0.2, -0.15) is 0 Å². The van der Waals surface area contributed by atoms with Gasteiger partial charge in [0.2, 0.25) is 5.91 Å². The first kappa shape index (κ1) is 18.7. The van der Waals surface area contributed by atoms with Crippen LogP contribution in [0.2, 0.25) is 5.02 Å². The number of hydrogen-bond acceptors (Lipinski definition) is 4. The van der Waals surface area contributed by atoms with Crippen LogP contribution in [0.25, 0.3) is 0 Å². The summed E-state index contributed by atoms with van der Waals surface area (Å²) in [6.07, 6.45) is -0.143. The minimum Gasteiger partial charge on any atom is -0.450 e. The third-order valence-corrected chi connectivity index (χ3v) is 5.39. The number of anilines is 1. The van der Waals surface area contributed by atoms with Gasteiger partial charge in [0.25, 0.3) is 5.91 Å². The summed E-state index contributed by atoms with van der Waals surface area (Å²) in [7, 11) is 0. The van der Waals surface area contributed by atoms with Gasteiger partial charge in [-0.25, -0.2) is 9.69 Å². The third-order valence-electron chi connectivity index (χ3n) is 4.98. The molecule has 3 amide bonds. The van der Waals surface area contributed by atoms with E-state index in [0.717, 1.165) is 10.5 Å². The van der Waals surface area contributed by atoms with Gasteiger partial charge >= 0.3 is 6.09 Å². The molecule has 0 unspecified atom stereocenters. The lowest BCUT2D eigenvalue weighted by Gasteiger charge is -2.33. The van der Waals surface area contributed by atoms with E-state index in [2.05, 4.69) is 0 Å². The van der Waals surface area contributed by atoms with Crippen molar-refractivity contribution in [2.24, 2.45) is 0 Å². The van der Waals surface area contributed by atoms with E-state index in [0.29, 0.717) is 43.5 Å². The first-order valence-electron chi connectivity index (χ1n) is 8.81. The number of nitrogens with zero attached hydrogens (tertiary/aromatic N) is 2. The highest BCUT2D eigenvalue weighted by Gasteiger charge is 2.46. The number of piperazine rings is 1. The SMILES string of the molecule is CCOC(=O)N1CC[NH+]([C@H]2CC(=O)N(c3ccc(C)c(Cl)c3)C2=O)CC1. The van der Waals surface area contributed by atoms with Crippen LogP contribution in [0.5, 0.6) is 0 Å². The molecule has 0 aromatic heterocycles. The van der Waals surface area contributed by atoms with Gasteiger partial charge in [0.05, 0.1) is 44.9 Å². The number of benzene rings is 1. The van der Waals surface area contributed by atoms with Crippen molar-refractivity contribution >= 4 is 35.2 Å². The first-order chi connectivity index (χ1) is 12.4. The molecule has 8 heteroatoms. The second-order valence-electron chi connectivity index (χ2n) is 6.60. The zero-order chi connectivity index (χ0) is 18.8. The largest absolute Gasteiger partial charge is 0.450 e. The second-order valence-corrected chi connectivity index (χ2v) is 7.01. The second kappa shape index (κ2) is 7.63. The summed E-state index contributed by atoms with van der Waals surface area (Å²) in [5.41, 5.74) is 1.41. The molecule has 7 nitrogen and oxygen atoms in total. The smallest absolute Gasteiger partial charge is 0.410 e. The summed E-state index contributed by atoms with van der Waals surface area (Å²) in [6.45, 7) is 6.25. The molecule has 26 heavy (non-hydrogen) atoms. The Morgan fingerprint density at radius 1 is 1.31 bits per heavy atom. The molecule has 2 fully saturated rings. The van der Waals surface area contributed by atoms with Crippen molar-refractivity contribution in [1.29, 1.82) is 0 Å². The molecule has 1 atom stereocenters. The molecule has 0 saturated carbocycles. The molecule has 2 saturated heterocycles. The summed E-state index contributed by atoms with van der Waals surface area (Å²) in [6, 6.07) is 4.79. The van der Waals surface area contributed by atoms with Crippen LogP contribution in [0.4, 0.5) is 10.5 Å². The van der Waals surface area contributed by atoms with Crippen LogP contribution in [-0.4, -0.2) is 61.6 Å². The lowest BCUT2D eigenvalue weighted by Crippen LogP contribution is -3.19. The lowest BCUT2D eigenvalue weighted by molar-refractivity contribution is -0.918. The zero-order valence-corrected chi connectivity index (χ0v) is 15.7. The summed E-state index contributed by atoms with van der Waals surface area (Å²) in [4.78, 5) is 41.0. The number of aryl methyl sites for hydroxylation is 1. The van der Waals surface area contributed by atoms with Crippen LogP contribution in [0.1, 0.15) is 18.9 Å². The number of hydrogen-bond donors (Lipinski definition) is 1. The van der Waals surface area contributed by atoms with Crippen molar-refractivity contribution in [3.05, 3.63) is 28.8 Å². The van der Waals surface area contributed by atoms with Gasteiger partial charge in [0.1, 0.15) is 0 Å². The topological polar surface area (TPSA) is 71.4 Å².